The van der Waals surface area contributed by atoms with Crippen molar-refractivity contribution in [2.75, 3.05) is 13.2 Å². The van der Waals surface area contributed by atoms with Crippen LogP contribution < -0.4 is 0 Å². The summed E-state index contributed by atoms with van der Waals surface area (Å²) in [7, 11) is 0. The van der Waals surface area contributed by atoms with Crippen LogP contribution in [0.15, 0.2) is 42.8 Å². The van der Waals surface area contributed by atoms with Crippen molar-refractivity contribution < 1.29 is 19.1 Å². The molecule has 0 saturated carbocycles. The second kappa shape index (κ2) is 9.97. The third kappa shape index (κ3) is 6.38. The molecule has 126 valence electrons. The molecule has 1 amide bonds. The number of ether oxygens (including phenoxy) is 2. The molecule has 0 aliphatic carbocycles. The minimum Gasteiger partial charge on any atom is -0.451 e. The number of amides is 1. The summed E-state index contributed by atoms with van der Waals surface area (Å²) in [5.74, 6) is -0.829. The lowest BCUT2D eigenvalue weighted by atomic mass is 10.3. The summed E-state index contributed by atoms with van der Waals surface area (Å²) in [6.07, 6.45) is 1.58. The molecule has 1 heterocycles. The van der Waals surface area contributed by atoms with Crippen LogP contribution in [0.25, 0.3) is 0 Å². The maximum Gasteiger partial charge on any atom is 0.335 e. The molecule has 5 nitrogen and oxygen atoms in total. The highest BCUT2D eigenvalue weighted by atomic mass is 32.1. The van der Waals surface area contributed by atoms with Crippen LogP contribution in [0.2, 0.25) is 0 Å². The predicted octanol–water partition coefficient (Wildman–Crippen LogP) is 2.79. The van der Waals surface area contributed by atoms with Gasteiger partial charge in [0.15, 0.2) is 12.2 Å². The quantitative estimate of drug-likeness (QED) is 0.487. The van der Waals surface area contributed by atoms with Crippen LogP contribution in [-0.4, -0.2) is 42.1 Å². The van der Waals surface area contributed by atoms with Gasteiger partial charge in [0.1, 0.15) is 0 Å². The molecule has 0 saturated heterocycles. The highest BCUT2D eigenvalue weighted by molar-refractivity contribution is 7.09. The van der Waals surface area contributed by atoms with Gasteiger partial charge in [0, 0.05) is 11.4 Å². The van der Waals surface area contributed by atoms with E-state index >= 15 is 0 Å². The van der Waals surface area contributed by atoms with E-state index in [1.807, 2.05) is 17.5 Å². The molecule has 2 unspecified atom stereocenters. The van der Waals surface area contributed by atoms with Crippen molar-refractivity contribution >= 4 is 23.2 Å². The van der Waals surface area contributed by atoms with Crippen LogP contribution in [-0.2, 0) is 25.6 Å². The molecule has 0 aliphatic rings. The van der Waals surface area contributed by atoms with Gasteiger partial charge in [-0.05, 0) is 25.3 Å². The van der Waals surface area contributed by atoms with E-state index in [1.54, 1.807) is 42.2 Å². The van der Waals surface area contributed by atoms with E-state index in [-0.39, 0.29) is 12.5 Å². The number of nitrogens with zero attached hydrogens (tertiary/aromatic N) is 1. The van der Waals surface area contributed by atoms with E-state index in [0.717, 1.165) is 4.88 Å². The topological polar surface area (TPSA) is 55.8 Å². The maximum atomic E-state index is 12.5. The van der Waals surface area contributed by atoms with Crippen molar-refractivity contribution in [3.05, 3.63) is 47.7 Å². The minimum atomic E-state index is -0.878. The highest BCUT2D eigenvalue weighted by Crippen LogP contribution is 2.13. The SMILES string of the molecule is C=CCOC(C)C(=O)OC(C)C(=O)N(CC=C)Cc1cccs1. The Hall–Kier alpha value is -1.92. The Kier molecular flexibility index (Phi) is 8.29. The fourth-order valence-electron chi connectivity index (χ4n) is 1.84. The van der Waals surface area contributed by atoms with Gasteiger partial charge in [-0.25, -0.2) is 4.79 Å². The number of hydrogen-bond donors (Lipinski definition) is 0. The number of esters is 1. The van der Waals surface area contributed by atoms with E-state index in [4.69, 9.17) is 9.47 Å². The zero-order chi connectivity index (χ0) is 17.2. The minimum absolute atomic E-state index is 0.250. The largest absolute Gasteiger partial charge is 0.451 e. The first-order chi connectivity index (χ1) is 11.0. The summed E-state index contributed by atoms with van der Waals surface area (Å²) in [4.78, 5) is 27.0. The Labute approximate surface area is 141 Å². The summed E-state index contributed by atoms with van der Waals surface area (Å²) >= 11 is 1.57. The molecule has 0 aliphatic heterocycles. The lowest BCUT2D eigenvalue weighted by Gasteiger charge is -2.24. The van der Waals surface area contributed by atoms with E-state index in [9.17, 15) is 9.59 Å². The number of carbonyl (C=O) groups is 2. The number of hydrogen-bond acceptors (Lipinski definition) is 5. The second-order valence-electron chi connectivity index (χ2n) is 4.93. The molecule has 23 heavy (non-hydrogen) atoms. The molecule has 0 radical (unpaired) electrons. The van der Waals surface area contributed by atoms with Crippen LogP contribution in [0.4, 0.5) is 0 Å². The van der Waals surface area contributed by atoms with E-state index in [1.165, 1.54) is 0 Å². The van der Waals surface area contributed by atoms with Gasteiger partial charge in [-0.15, -0.1) is 24.5 Å². The first kappa shape index (κ1) is 19.1. The molecule has 1 aromatic rings. The number of rotatable bonds is 10. The molecule has 6 heteroatoms. The summed E-state index contributed by atoms with van der Waals surface area (Å²) in [5.41, 5.74) is 0. The standard InChI is InChI=1S/C17H23NO4S/c1-5-9-18(12-15-8-7-11-23-15)16(19)13(3)22-17(20)14(4)21-10-6-2/h5-8,11,13-14H,1-2,9-10,12H2,3-4H3. The summed E-state index contributed by atoms with van der Waals surface area (Å²) in [6.45, 7) is 11.4. The molecular weight excluding hydrogens is 314 g/mol. The Balaban J connectivity index is 2.61. The number of thiophene rings is 1. The smallest absolute Gasteiger partial charge is 0.335 e. The van der Waals surface area contributed by atoms with Gasteiger partial charge < -0.3 is 14.4 Å². The maximum absolute atomic E-state index is 12.5. The average molecular weight is 337 g/mol. The van der Waals surface area contributed by atoms with Gasteiger partial charge in [-0.3, -0.25) is 4.79 Å². The van der Waals surface area contributed by atoms with E-state index in [0.29, 0.717) is 13.1 Å². The fourth-order valence-corrected chi connectivity index (χ4v) is 2.56. The van der Waals surface area contributed by atoms with Crippen LogP contribution in [0.5, 0.6) is 0 Å². The normalized spacial score (nSPS) is 13.0. The average Bonchev–Trinajstić information content (AvgIpc) is 3.04. The van der Waals surface area contributed by atoms with Crippen LogP contribution in [0.3, 0.4) is 0 Å². The number of carbonyl (C=O) groups excluding carboxylic acids is 2. The van der Waals surface area contributed by atoms with Crippen molar-refractivity contribution in [3.8, 4) is 0 Å². The fraction of sp³-hybridized carbons (Fsp3) is 0.412. The van der Waals surface area contributed by atoms with Crippen molar-refractivity contribution in [2.24, 2.45) is 0 Å². The van der Waals surface area contributed by atoms with Crippen molar-refractivity contribution in [1.82, 2.24) is 4.90 Å². The zero-order valence-electron chi connectivity index (χ0n) is 13.6. The lowest BCUT2D eigenvalue weighted by molar-refractivity contribution is -0.167. The third-order valence-electron chi connectivity index (χ3n) is 3.02. The van der Waals surface area contributed by atoms with Crippen LogP contribution in [0.1, 0.15) is 18.7 Å². The van der Waals surface area contributed by atoms with Gasteiger partial charge >= 0.3 is 5.97 Å². The van der Waals surface area contributed by atoms with Crippen molar-refractivity contribution in [1.29, 1.82) is 0 Å². The first-order valence-corrected chi connectivity index (χ1v) is 8.22. The molecule has 0 fully saturated rings. The van der Waals surface area contributed by atoms with Crippen LogP contribution in [0, 0.1) is 0 Å². The highest BCUT2D eigenvalue weighted by Gasteiger charge is 2.26. The molecular formula is C17H23NO4S. The van der Waals surface area contributed by atoms with Gasteiger partial charge in [-0.2, -0.15) is 0 Å². The molecule has 1 aromatic heterocycles. The van der Waals surface area contributed by atoms with Gasteiger partial charge in [0.05, 0.1) is 13.2 Å². The van der Waals surface area contributed by atoms with Gasteiger partial charge in [0.25, 0.3) is 5.91 Å². The summed E-state index contributed by atoms with van der Waals surface area (Å²) in [6, 6.07) is 3.88. The Morgan fingerprint density at radius 3 is 2.61 bits per heavy atom. The van der Waals surface area contributed by atoms with E-state index in [2.05, 4.69) is 13.2 Å². The van der Waals surface area contributed by atoms with Crippen LogP contribution >= 0.6 is 11.3 Å². The first-order valence-electron chi connectivity index (χ1n) is 7.34. The Morgan fingerprint density at radius 1 is 1.30 bits per heavy atom. The molecule has 0 N–H and O–H groups in total. The molecule has 2 atom stereocenters. The monoisotopic (exact) mass is 337 g/mol. The molecule has 0 aromatic carbocycles. The van der Waals surface area contributed by atoms with Gasteiger partial charge in [0.2, 0.25) is 0 Å². The van der Waals surface area contributed by atoms with Gasteiger partial charge in [-0.1, -0.05) is 18.2 Å². The summed E-state index contributed by atoms with van der Waals surface area (Å²) < 4.78 is 10.4. The van der Waals surface area contributed by atoms with E-state index < -0.39 is 18.2 Å². The summed E-state index contributed by atoms with van der Waals surface area (Å²) in [5, 5.41) is 1.95. The van der Waals surface area contributed by atoms with Crippen molar-refractivity contribution in [2.45, 2.75) is 32.6 Å². The molecule has 1 rings (SSSR count). The lowest BCUT2D eigenvalue weighted by Crippen LogP contribution is -2.41. The Bertz CT molecular complexity index is 527. The second-order valence-corrected chi connectivity index (χ2v) is 5.96. The molecule has 0 bridgehead atoms. The predicted molar refractivity (Wildman–Crippen MR) is 91.1 cm³/mol. The van der Waals surface area contributed by atoms with Crippen molar-refractivity contribution in [3.63, 3.8) is 0 Å². The Morgan fingerprint density at radius 2 is 2.04 bits per heavy atom. The zero-order valence-corrected chi connectivity index (χ0v) is 14.4. The molecule has 0 spiro atoms. The third-order valence-corrected chi connectivity index (χ3v) is 3.89.